The highest BCUT2D eigenvalue weighted by molar-refractivity contribution is 9.10. The predicted molar refractivity (Wildman–Crippen MR) is 58.7 cm³/mol. The van der Waals surface area contributed by atoms with Crippen LogP contribution in [0.4, 0.5) is 8.78 Å². The SMILES string of the molecule is CCC(=O)c1cc(Br)c(Cl)c(C(F)F)c1. The van der Waals surface area contributed by atoms with Crippen LogP contribution >= 0.6 is 27.5 Å². The molecule has 0 spiro atoms. The van der Waals surface area contributed by atoms with Gasteiger partial charge >= 0.3 is 0 Å². The van der Waals surface area contributed by atoms with Crippen LogP contribution in [0, 0.1) is 0 Å². The largest absolute Gasteiger partial charge is 0.294 e. The average molecular weight is 298 g/mol. The first kappa shape index (κ1) is 12.6. The van der Waals surface area contributed by atoms with Crippen LogP contribution in [0.2, 0.25) is 5.02 Å². The number of hydrogen-bond donors (Lipinski definition) is 0. The van der Waals surface area contributed by atoms with Gasteiger partial charge in [0.25, 0.3) is 6.43 Å². The quantitative estimate of drug-likeness (QED) is 0.743. The second-order valence-electron chi connectivity index (χ2n) is 2.94. The Morgan fingerprint density at radius 2 is 2.13 bits per heavy atom. The number of carbonyl (C=O) groups is 1. The van der Waals surface area contributed by atoms with Crippen molar-refractivity contribution in [3.8, 4) is 0 Å². The molecule has 0 aliphatic heterocycles. The fourth-order valence-electron chi connectivity index (χ4n) is 1.13. The fraction of sp³-hybridized carbons (Fsp3) is 0.300. The third-order valence-electron chi connectivity index (χ3n) is 1.93. The molecule has 15 heavy (non-hydrogen) atoms. The highest BCUT2D eigenvalue weighted by Crippen LogP contribution is 2.34. The summed E-state index contributed by atoms with van der Waals surface area (Å²) >= 11 is 8.72. The standard InChI is InChI=1S/C10H8BrClF2O/c1-2-8(15)5-3-6(10(13)14)9(12)7(11)4-5/h3-4,10H,2H2,1H3. The first-order chi connectivity index (χ1) is 6.97. The Labute approximate surface area is 99.6 Å². The van der Waals surface area contributed by atoms with Gasteiger partial charge in [-0.2, -0.15) is 0 Å². The molecule has 1 rings (SSSR count). The lowest BCUT2D eigenvalue weighted by atomic mass is 10.1. The first-order valence-corrected chi connectivity index (χ1v) is 5.44. The Morgan fingerprint density at radius 3 is 2.60 bits per heavy atom. The van der Waals surface area contributed by atoms with E-state index in [9.17, 15) is 13.6 Å². The molecular formula is C10H8BrClF2O. The summed E-state index contributed by atoms with van der Waals surface area (Å²) in [6.07, 6.45) is -2.41. The minimum Gasteiger partial charge on any atom is -0.294 e. The van der Waals surface area contributed by atoms with Crippen LogP contribution in [0.25, 0.3) is 0 Å². The molecule has 1 aromatic carbocycles. The maximum Gasteiger partial charge on any atom is 0.265 e. The van der Waals surface area contributed by atoms with Gasteiger partial charge in [-0.3, -0.25) is 4.79 Å². The third-order valence-corrected chi connectivity index (χ3v) is 3.21. The fourth-order valence-corrected chi connectivity index (χ4v) is 1.80. The van der Waals surface area contributed by atoms with Crippen LogP contribution in [0.5, 0.6) is 0 Å². The molecule has 0 N–H and O–H groups in total. The van der Waals surface area contributed by atoms with Crippen molar-refractivity contribution >= 4 is 33.3 Å². The number of alkyl halides is 2. The van der Waals surface area contributed by atoms with Crippen molar-refractivity contribution in [1.82, 2.24) is 0 Å². The van der Waals surface area contributed by atoms with E-state index in [0.29, 0.717) is 4.47 Å². The van der Waals surface area contributed by atoms with Gasteiger partial charge in [0.05, 0.1) is 5.02 Å². The van der Waals surface area contributed by atoms with E-state index < -0.39 is 6.43 Å². The summed E-state index contributed by atoms with van der Waals surface area (Å²) in [7, 11) is 0. The Bertz CT molecular complexity index is 393. The second-order valence-corrected chi connectivity index (χ2v) is 4.17. The summed E-state index contributed by atoms with van der Waals surface area (Å²) in [5, 5.41) is -0.0438. The van der Waals surface area contributed by atoms with Crippen LogP contribution in [-0.4, -0.2) is 5.78 Å². The molecule has 0 fully saturated rings. The van der Waals surface area contributed by atoms with Crippen molar-refractivity contribution in [3.63, 3.8) is 0 Å². The van der Waals surface area contributed by atoms with Crippen LogP contribution in [-0.2, 0) is 0 Å². The van der Waals surface area contributed by atoms with E-state index in [1.807, 2.05) is 0 Å². The third kappa shape index (κ3) is 2.75. The molecule has 0 aliphatic carbocycles. The van der Waals surface area contributed by atoms with Gasteiger partial charge in [-0.05, 0) is 28.1 Å². The van der Waals surface area contributed by atoms with Gasteiger partial charge in [0.1, 0.15) is 0 Å². The number of carbonyl (C=O) groups excluding carboxylic acids is 1. The topological polar surface area (TPSA) is 17.1 Å². The number of Topliss-reactive ketones (excluding diaryl/α,β-unsaturated/α-hetero) is 1. The molecule has 0 amide bonds. The Balaban J connectivity index is 3.29. The molecule has 0 saturated heterocycles. The van der Waals surface area contributed by atoms with E-state index in [1.165, 1.54) is 6.07 Å². The van der Waals surface area contributed by atoms with Crippen molar-refractivity contribution in [2.45, 2.75) is 19.8 Å². The Morgan fingerprint density at radius 1 is 1.53 bits per heavy atom. The summed E-state index contributed by atoms with van der Waals surface area (Å²) in [6.45, 7) is 1.67. The molecule has 0 saturated carbocycles. The lowest BCUT2D eigenvalue weighted by Gasteiger charge is -2.07. The minimum atomic E-state index is -2.68. The van der Waals surface area contributed by atoms with Crippen molar-refractivity contribution < 1.29 is 13.6 Å². The molecule has 1 aromatic rings. The number of benzene rings is 1. The monoisotopic (exact) mass is 296 g/mol. The van der Waals surface area contributed by atoms with E-state index in [-0.39, 0.29) is 28.4 Å². The molecule has 0 aromatic heterocycles. The number of hydrogen-bond acceptors (Lipinski definition) is 1. The lowest BCUT2D eigenvalue weighted by molar-refractivity contribution is 0.0987. The van der Waals surface area contributed by atoms with E-state index in [2.05, 4.69) is 15.9 Å². The molecule has 0 unspecified atom stereocenters. The van der Waals surface area contributed by atoms with Gasteiger partial charge in [-0.1, -0.05) is 18.5 Å². The number of rotatable bonds is 3. The zero-order chi connectivity index (χ0) is 11.6. The van der Waals surface area contributed by atoms with Crippen molar-refractivity contribution in [2.24, 2.45) is 0 Å². The molecule has 0 atom stereocenters. The highest BCUT2D eigenvalue weighted by Gasteiger charge is 2.17. The molecule has 0 heterocycles. The van der Waals surface area contributed by atoms with Gasteiger partial charge in [0.2, 0.25) is 0 Å². The smallest absolute Gasteiger partial charge is 0.265 e. The maximum absolute atomic E-state index is 12.5. The normalized spacial score (nSPS) is 10.8. The Kier molecular flexibility index (Phi) is 4.22. The van der Waals surface area contributed by atoms with E-state index in [0.717, 1.165) is 6.07 Å². The van der Waals surface area contributed by atoms with Crippen molar-refractivity contribution in [3.05, 3.63) is 32.8 Å². The number of ketones is 1. The van der Waals surface area contributed by atoms with Crippen molar-refractivity contribution in [1.29, 1.82) is 0 Å². The van der Waals surface area contributed by atoms with Crippen LogP contribution in [0.1, 0.15) is 35.7 Å². The Hall–Kier alpha value is -0.480. The van der Waals surface area contributed by atoms with Gasteiger partial charge < -0.3 is 0 Å². The van der Waals surface area contributed by atoms with E-state index in [1.54, 1.807) is 6.92 Å². The molecule has 5 heteroatoms. The van der Waals surface area contributed by atoms with Gasteiger partial charge in [-0.25, -0.2) is 8.78 Å². The van der Waals surface area contributed by atoms with E-state index in [4.69, 9.17) is 11.6 Å². The van der Waals surface area contributed by atoms with Crippen LogP contribution in [0.3, 0.4) is 0 Å². The lowest BCUT2D eigenvalue weighted by Crippen LogP contribution is -1.99. The minimum absolute atomic E-state index is 0.0438. The summed E-state index contributed by atoms with van der Waals surface area (Å²) in [4.78, 5) is 11.3. The van der Waals surface area contributed by atoms with Gasteiger partial charge in [-0.15, -0.1) is 0 Å². The molecular weight excluding hydrogens is 289 g/mol. The molecule has 0 bridgehead atoms. The second kappa shape index (κ2) is 5.03. The molecule has 1 nitrogen and oxygen atoms in total. The summed E-state index contributed by atoms with van der Waals surface area (Å²) < 4.78 is 25.4. The zero-order valence-corrected chi connectivity index (χ0v) is 10.2. The van der Waals surface area contributed by atoms with Gasteiger partial charge in [0.15, 0.2) is 5.78 Å². The number of halogens is 4. The first-order valence-electron chi connectivity index (χ1n) is 4.27. The predicted octanol–water partition coefficient (Wildman–Crippen LogP) is 4.63. The summed E-state index contributed by atoms with van der Waals surface area (Å²) in [5.74, 6) is -0.186. The molecule has 82 valence electrons. The highest BCUT2D eigenvalue weighted by atomic mass is 79.9. The molecule has 0 radical (unpaired) electrons. The zero-order valence-electron chi connectivity index (χ0n) is 7.86. The van der Waals surface area contributed by atoms with Crippen LogP contribution < -0.4 is 0 Å². The summed E-state index contributed by atoms with van der Waals surface area (Å²) in [6, 6.07) is 2.60. The van der Waals surface area contributed by atoms with Gasteiger partial charge in [0, 0.05) is 22.0 Å². The molecule has 0 aliphatic rings. The maximum atomic E-state index is 12.5. The average Bonchev–Trinajstić information content (AvgIpc) is 2.20. The van der Waals surface area contributed by atoms with Crippen LogP contribution in [0.15, 0.2) is 16.6 Å². The van der Waals surface area contributed by atoms with E-state index >= 15 is 0 Å². The summed E-state index contributed by atoms with van der Waals surface area (Å²) in [5.41, 5.74) is -0.0630. The van der Waals surface area contributed by atoms with Crippen molar-refractivity contribution in [2.75, 3.05) is 0 Å².